The Morgan fingerprint density at radius 2 is 2.28 bits per heavy atom. The fraction of sp³-hybridized carbons (Fsp3) is 0.538. The highest BCUT2D eigenvalue weighted by Gasteiger charge is 2.22. The van der Waals surface area contributed by atoms with E-state index >= 15 is 0 Å². The highest BCUT2D eigenvalue weighted by molar-refractivity contribution is 9.10. The third-order valence-electron chi connectivity index (χ3n) is 3.37. The standard InChI is InChI=1S/C13H18BrN3O/c1-17(12-3-2-5-15-6-4-12)13(18)10-7-11(14)9-16-8-10/h7-9,12,15H,2-6H2,1H3. The lowest BCUT2D eigenvalue weighted by molar-refractivity contribution is 0.0720. The van der Waals surface area contributed by atoms with Crippen LogP contribution in [0.4, 0.5) is 0 Å². The predicted molar refractivity (Wildman–Crippen MR) is 74.5 cm³/mol. The van der Waals surface area contributed by atoms with Gasteiger partial charge in [-0.2, -0.15) is 0 Å². The number of nitrogens with one attached hydrogen (secondary N) is 1. The van der Waals surface area contributed by atoms with Crippen molar-refractivity contribution in [2.24, 2.45) is 0 Å². The molecule has 0 aromatic carbocycles. The summed E-state index contributed by atoms with van der Waals surface area (Å²) in [6, 6.07) is 2.15. The highest BCUT2D eigenvalue weighted by atomic mass is 79.9. The molecule has 1 atom stereocenters. The first-order chi connectivity index (χ1) is 8.68. The number of carbonyl (C=O) groups excluding carboxylic acids is 1. The minimum Gasteiger partial charge on any atom is -0.339 e. The summed E-state index contributed by atoms with van der Waals surface area (Å²) in [5.74, 6) is 0.0516. The summed E-state index contributed by atoms with van der Waals surface area (Å²) in [6.07, 6.45) is 6.52. The van der Waals surface area contributed by atoms with Gasteiger partial charge in [-0.25, -0.2) is 0 Å². The quantitative estimate of drug-likeness (QED) is 0.909. The van der Waals surface area contributed by atoms with Crippen LogP contribution in [0.2, 0.25) is 0 Å². The average molecular weight is 312 g/mol. The van der Waals surface area contributed by atoms with E-state index in [2.05, 4.69) is 26.2 Å². The molecule has 1 fully saturated rings. The molecule has 1 aromatic rings. The van der Waals surface area contributed by atoms with Crippen molar-refractivity contribution in [2.75, 3.05) is 20.1 Å². The molecule has 2 rings (SSSR count). The molecule has 0 saturated carbocycles. The predicted octanol–water partition coefficient (Wildman–Crippen LogP) is 2.06. The van der Waals surface area contributed by atoms with Crippen molar-refractivity contribution in [1.82, 2.24) is 15.2 Å². The summed E-state index contributed by atoms with van der Waals surface area (Å²) < 4.78 is 0.837. The smallest absolute Gasteiger partial charge is 0.255 e. The summed E-state index contributed by atoms with van der Waals surface area (Å²) in [5.41, 5.74) is 0.643. The van der Waals surface area contributed by atoms with Gasteiger partial charge in [-0.05, 0) is 54.3 Å². The number of carbonyl (C=O) groups is 1. The zero-order chi connectivity index (χ0) is 13.0. The molecule has 5 heteroatoms. The van der Waals surface area contributed by atoms with Gasteiger partial charge in [-0.1, -0.05) is 0 Å². The van der Waals surface area contributed by atoms with Crippen LogP contribution in [-0.2, 0) is 0 Å². The molecule has 1 aliphatic heterocycles. The molecule has 0 spiro atoms. The molecule has 98 valence electrons. The first kappa shape index (κ1) is 13.5. The molecular weight excluding hydrogens is 294 g/mol. The summed E-state index contributed by atoms with van der Waals surface area (Å²) in [7, 11) is 1.89. The van der Waals surface area contributed by atoms with E-state index in [9.17, 15) is 4.79 Å². The molecule has 4 nitrogen and oxygen atoms in total. The van der Waals surface area contributed by atoms with Gasteiger partial charge in [-0.3, -0.25) is 9.78 Å². The fourth-order valence-electron chi connectivity index (χ4n) is 2.29. The molecular formula is C13H18BrN3O. The topological polar surface area (TPSA) is 45.2 Å². The van der Waals surface area contributed by atoms with E-state index in [4.69, 9.17) is 0 Å². The van der Waals surface area contributed by atoms with Crippen molar-refractivity contribution in [3.05, 3.63) is 28.5 Å². The van der Waals surface area contributed by atoms with Crippen LogP contribution in [0, 0.1) is 0 Å². The van der Waals surface area contributed by atoms with Gasteiger partial charge in [0.05, 0.1) is 5.56 Å². The number of nitrogens with zero attached hydrogens (tertiary/aromatic N) is 2. The Morgan fingerprint density at radius 1 is 1.44 bits per heavy atom. The van der Waals surface area contributed by atoms with Crippen molar-refractivity contribution in [3.8, 4) is 0 Å². The molecule has 0 bridgehead atoms. The monoisotopic (exact) mass is 311 g/mol. The molecule has 2 heterocycles. The van der Waals surface area contributed by atoms with Gasteiger partial charge in [0.25, 0.3) is 5.91 Å². The molecule has 1 saturated heterocycles. The summed E-state index contributed by atoms with van der Waals surface area (Å²) in [5, 5.41) is 3.36. The molecule has 1 amide bonds. The second kappa shape index (κ2) is 6.29. The largest absolute Gasteiger partial charge is 0.339 e. The van der Waals surface area contributed by atoms with E-state index in [0.717, 1.165) is 36.8 Å². The number of hydrogen-bond acceptors (Lipinski definition) is 3. The van der Waals surface area contributed by atoms with Crippen molar-refractivity contribution in [1.29, 1.82) is 0 Å². The van der Waals surface area contributed by atoms with Crippen molar-refractivity contribution in [3.63, 3.8) is 0 Å². The molecule has 1 N–H and O–H groups in total. The van der Waals surface area contributed by atoms with Gasteiger partial charge < -0.3 is 10.2 Å². The maximum absolute atomic E-state index is 12.4. The fourth-order valence-corrected chi connectivity index (χ4v) is 2.65. The van der Waals surface area contributed by atoms with Gasteiger partial charge in [-0.15, -0.1) is 0 Å². The van der Waals surface area contributed by atoms with Crippen LogP contribution in [0.5, 0.6) is 0 Å². The van der Waals surface area contributed by atoms with Crippen molar-refractivity contribution in [2.45, 2.75) is 25.3 Å². The molecule has 0 radical (unpaired) electrons. The van der Waals surface area contributed by atoms with E-state index in [0.29, 0.717) is 11.6 Å². The van der Waals surface area contributed by atoms with Crippen molar-refractivity contribution >= 4 is 21.8 Å². The maximum Gasteiger partial charge on any atom is 0.255 e. The lowest BCUT2D eigenvalue weighted by Crippen LogP contribution is -2.37. The van der Waals surface area contributed by atoms with Crippen LogP contribution in [0.3, 0.4) is 0 Å². The van der Waals surface area contributed by atoms with E-state index in [1.807, 2.05) is 18.0 Å². The van der Waals surface area contributed by atoms with E-state index < -0.39 is 0 Å². The number of pyridine rings is 1. The Labute approximate surface area is 116 Å². The van der Waals surface area contributed by atoms with Crippen LogP contribution < -0.4 is 5.32 Å². The second-order valence-corrected chi connectivity index (χ2v) is 5.56. The van der Waals surface area contributed by atoms with Crippen LogP contribution in [0.1, 0.15) is 29.6 Å². The average Bonchev–Trinajstić information content (AvgIpc) is 2.66. The van der Waals surface area contributed by atoms with E-state index in [1.54, 1.807) is 12.4 Å². The first-order valence-corrected chi connectivity index (χ1v) is 7.06. The van der Waals surface area contributed by atoms with Gasteiger partial charge in [0, 0.05) is 30.0 Å². The first-order valence-electron chi connectivity index (χ1n) is 6.27. The lowest BCUT2D eigenvalue weighted by atomic mass is 10.1. The van der Waals surface area contributed by atoms with Crippen LogP contribution in [0.15, 0.2) is 22.9 Å². The minimum absolute atomic E-state index is 0.0516. The third-order valence-corrected chi connectivity index (χ3v) is 3.80. The van der Waals surface area contributed by atoms with Gasteiger partial charge in [0.15, 0.2) is 0 Å². The molecule has 1 aromatic heterocycles. The second-order valence-electron chi connectivity index (χ2n) is 4.64. The molecule has 0 aliphatic carbocycles. The zero-order valence-electron chi connectivity index (χ0n) is 10.5. The Bertz CT molecular complexity index is 416. The van der Waals surface area contributed by atoms with Gasteiger partial charge in [0.1, 0.15) is 0 Å². The summed E-state index contributed by atoms with van der Waals surface area (Å²) in [6.45, 7) is 2.04. The number of aromatic nitrogens is 1. The Kier molecular flexibility index (Phi) is 4.72. The molecule has 1 unspecified atom stereocenters. The van der Waals surface area contributed by atoms with Gasteiger partial charge in [0.2, 0.25) is 0 Å². The number of hydrogen-bond donors (Lipinski definition) is 1. The number of amides is 1. The zero-order valence-corrected chi connectivity index (χ0v) is 12.1. The van der Waals surface area contributed by atoms with Crippen LogP contribution in [0.25, 0.3) is 0 Å². The third kappa shape index (κ3) is 3.29. The normalized spacial score (nSPS) is 20.2. The molecule has 1 aliphatic rings. The van der Waals surface area contributed by atoms with Gasteiger partial charge >= 0.3 is 0 Å². The Morgan fingerprint density at radius 3 is 3.06 bits per heavy atom. The summed E-state index contributed by atoms with van der Waals surface area (Å²) in [4.78, 5) is 18.3. The summed E-state index contributed by atoms with van der Waals surface area (Å²) >= 11 is 3.34. The van der Waals surface area contributed by atoms with E-state index in [-0.39, 0.29) is 5.91 Å². The van der Waals surface area contributed by atoms with E-state index in [1.165, 1.54) is 0 Å². The molecule has 18 heavy (non-hydrogen) atoms. The number of rotatable bonds is 2. The Hall–Kier alpha value is -0.940. The van der Waals surface area contributed by atoms with Crippen LogP contribution >= 0.6 is 15.9 Å². The van der Waals surface area contributed by atoms with Crippen molar-refractivity contribution < 1.29 is 4.79 Å². The SMILES string of the molecule is CN(C(=O)c1cncc(Br)c1)C1CCCNCC1. The Balaban J connectivity index is 2.07. The number of halogens is 1. The minimum atomic E-state index is 0.0516. The van der Waals surface area contributed by atoms with Crippen LogP contribution in [-0.4, -0.2) is 42.0 Å². The highest BCUT2D eigenvalue weighted by Crippen LogP contribution is 2.16. The lowest BCUT2D eigenvalue weighted by Gasteiger charge is -2.27. The maximum atomic E-state index is 12.4.